The van der Waals surface area contributed by atoms with Crippen LogP contribution in [0.1, 0.15) is 18.4 Å². The van der Waals surface area contributed by atoms with Gasteiger partial charge in [0.2, 0.25) is 5.91 Å². The Labute approximate surface area is 144 Å². The second-order valence-electron chi connectivity index (χ2n) is 5.74. The third-order valence-electron chi connectivity index (χ3n) is 3.83. The van der Waals surface area contributed by atoms with Crippen molar-refractivity contribution >= 4 is 22.6 Å². The summed E-state index contributed by atoms with van der Waals surface area (Å²) in [4.78, 5) is 32.4. The third kappa shape index (κ3) is 3.40. The van der Waals surface area contributed by atoms with Crippen molar-refractivity contribution in [3.8, 4) is 5.75 Å². The van der Waals surface area contributed by atoms with Crippen molar-refractivity contribution in [1.82, 2.24) is 14.5 Å². The first kappa shape index (κ1) is 16.8. The predicted octanol–water partition coefficient (Wildman–Crippen LogP) is 2.38. The molecule has 0 unspecified atom stereocenters. The van der Waals surface area contributed by atoms with Crippen LogP contribution in [0.4, 0.5) is 5.69 Å². The van der Waals surface area contributed by atoms with Crippen LogP contribution in [0.5, 0.6) is 5.75 Å². The molecule has 0 aliphatic rings. The Bertz CT molecular complexity index is 988. The first-order valence-electron chi connectivity index (χ1n) is 8.08. The summed E-state index contributed by atoms with van der Waals surface area (Å²) in [5, 5.41) is 3.27. The second-order valence-corrected chi connectivity index (χ2v) is 5.74. The van der Waals surface area contributed by atoms with E-state index in [0.29, 0.717) is 34.9 Å². The van der Waals surface area contributed by atoms with Gasteiger partial charge in [-0.1, -0.05) is 12.1 Å². The molecule has 0 bridgehead atoms. The Morgan fingerprint density at radius 2 is 2.08 bits per heavy atom. The molecule has 0 spiro atoms. The normalized spacial score (nSPS) is 10.8. The number of fused-ring (bicyclic) bond motifs is 1. The van der Waals surface area contributed by atoms with Crippen molar-refractivity contribution in [3.63, 3.8) is 0 Å². The number of aryl methyl sites for hydroxylation is 2. The van der Waals surface area contributed by atoms with Crippen LogP contribution in [0, 0.1) is 13.8 Å². The number of carbonyl (C=O) groups excluding carboxylic acids is 1. The maximum Gasteiger partial charge on any atom is 0.263 e. The summed E-state index contributed by atoms with van der Waals surface area (Å²) in [5.74, 6) is 0.760. The van der Waals surface area contributed by atoms with Crippen LogP contribution in [0.15, 0.2) is 35.1 Å². The zero-order valence-electron chi connectivity index (χ0n) is 14.4. The van der Waals surface area contributed by atoms with Crippen LogP contribution in [-0.4, -0.2) is 27.0 Å². The highest BCUT2D eigenvalue weighted by Gasteiger charge is 2.14. The molecule has 0 aliphatic carbocycles. The molecule has 2 N–H and O–H groups in total. The Balaban J connectivity index is 1.87. The number of nitrogens with zero attached hydrogens (tertiary/aromatic N) is 2. The van der Waals surface area contributed by atoms with Crippen molar-refractivity contribution in [2.75, 3.05) is 11.9 Å². The molecular formula is C18H20N4O3. The fourth-order valence-corrected chi connectivity index (χ4v) is 2.71. The summed E-state index contributed by atoms with van der Waals surface area (Å²) in [6.07, 6.45) is 0. The number of H-pyrrole nitrogens is 1. The van der Waals surface area contributed by atoms with Crippen molar-refractivity contribution in [3.05, 3.63) is 52.2 Å². The topological polar surface area (TPSA) is 89.0 Å². The summed E-state index contributed by atoms with van der Waals surface area (Å²) >= 11 is 0. The van der Waals surface area contributed by atoms with Crippen molar-refractivity contribution in [2.45, 2.75) is 27.3 Å². The molecule has 1 aromatic carbocycles. The predicted molar refractivity (Wildman–Crippen MR) is 96.1 cm³/mol. The van der Waals surface area contributed by atoms with Gasteiger partial charge in [-0.25, -0.2) is 4.98 Å². The Morgan fingerprint density at radius 3 is 2.84 bits per heavy atom. The molecule has 0 atom stereocenters. The number of hydrogen-bond donors (Lipinski definition) is 2. The largest absolute Gasteiger partial charge is 0.492 e. The van der Waals surface area contributed by atoms with Crippen LogP contribution >= 0.6 is 0 Å². The van der Waals surface area contributed by atoms with Crippen LogP contribution in [-0.2, 0) is 11.3 Å². The van der Waals surface area contributed by atoms with Gasteiger partial charge in [-0.2, -0.15) is 0 Å². The fraction of sp³-hybridized carbons (Fsp3) is 0.278. The second kappa shape index (κ2) is 6.80. The van der Waals surface area contributed by atoms with Gasteiger partial charge in [0.05, 0.1) is 17.7 Å². The summed E-state index contributed by atoms with van der Waals surface area (Å²) < 4.78 is 6.87. The number of hydrogen-bond acceptors (Lipinski definition) is 4. The molecule has 7 heteroatoms. The number of rotatable bonds is 5. The minimum Gasteiger partial charge on any atom is -0.492 e. The van der Waals surface area contributed by atoms with E-state index in [9.17, 15) is 9.59 Å². The summed E-state index contributed by atoms with van der Waals surface area (Å²) in [5.41, 5.74) is 1.73. The summed E-state index contributed by atoms with van der Waals surface area (Å²) in [6, 6.07) is 8.93. The van der Waals surface area contributed by atoms with E-state index in [4.69, 9.17) is 4.74 Å². The third-order valence-corrected chi connectivity index (χ3v) is 3.83. The van der Waals surface area contributed by atoms with Gasteiger partial charge in [0.1, 0.15) is 23.8 Å². The van der Waals surface area contributed by atoms with Gasteiger partial charge < -0.3 is 15.0 Å². The van der Waals surface area contributed by atoms with E-state index in [-0.39, 0.29) is 18.0 Å². The lowest BCUT2D eigenvalue weighted by molar-refractivity contribution is -0.116. The Kier molecular flexibility index (Phi) is 4.56. The standard InChI is InChI=1S/C18H20N4O3/c1-4-25-15-8-6-5-7-14(15)21-16(23)10-22-12(3)20-17-13(18(22)24)9-11(2)19-17/h5-9,19H,4,10H2,1-3H3,(H,21,23). The number of carbonyl (C=O) groups is 1. The lowest BCUT2D eigenvalue weighted by Crippen LogP contribution is -2.30. The van der Waals surface area contributed by atoms with Gasteiger partial charge >= 0.3 is 0 Å². The number of aromatic nitrogens is 3. The number of amides is 1. The number of nitrogens with one attached hydrogen (secondary N) is 2. The summed E-state index contributed by atoms with van der Waals surface area (Å²) in [6.45, 7) is 5.83. The molecule has 0 radical (unpaired) electrons. The van der Waals surface area contributed by atoms with Gasteiger partial charge in [-0.15, -0.1) is 0 Å². The van der Waals surface area contributed by atoms with Crippen LogP contribution in [0.3, 0.4) is 0 Å². The number of aromatic amines is 1. The highest BCUT2D eigenvalue weighted by molar-refractivity contribution is 5.92. The quantitative estimate of drug-likeness (QED) is 0.746. The zero-order chi connectivity index (χ0) is 18.0. The molecule has 7 nitrogen and oxygen atoms in total. The molecule has 1 amide bonds. The lowest BCUT2D eigenvalue weighted by atomic mass is 10.3. The maximum atomic E-state index is 12.6. The molecule has 130 valence electrons. The van der Waals surface area contributed by atoms with E-state index < -0.39 is 0 Å². The van der Waals surface area contributed by atoms with Crippen molar-refractivity contribution in [2.24, 2.45) is 0 Å². The monoisotopic (exact) mass is 340 g/mol. The first-order chi connectivity index (χ1) is 12.0. The molecule has 0 fully saturated rings. The van der Waals surface area contributed by atoms with Gasteiger partial charge in [0, 0.05) is 5.69 Å². The highest BCUT2D eigenvalue weighted by Crippen LogP contribution is 2.23. The Hall–Kier alpha value is -3.09. The average molecular weight is 340 g/mol. The number of ether oxygens (including phenoxy) is 1. The van der Waals surface area contributed by atoms with E-state index in [0.717, 1.165) is 5.69 Å². The minimum absolute atomic E-state index is 0.113. The number of para-hydroxylation sites is 2. The van der Waals surface area contributed by atoms with E-state index in [1.54, 1.807) is 25.1 Å². The molecule has 0 saturated heterocycles. The van der Waals surface area contributed by atoms with Gasteiger partial charge in [-0.05, 0) is 39.0 Å². The summed E-state index contributed by atoms with van der Waals surface area (Å²) in [7, 11) is 0. The van der Waals surface area contributed by atoms with Crippen molar-refractivity contribution < 1.29 is 9.53 Å². The molecule has 0 saturated carbocycles. The van der Waals surface area contributed by atoms with Crippen LogP contribution < -0.4 is 15.6 Å². The molecular weight excluding hydrogens is 320 g/mol. The molecule has 2 aromatic heterocycles. The minimum atomic E-state index is -0.314. The molecule has 25 heavy (non-hydrogen) atoms. The van der Waals surface area contributed by atoms with Crippen molar-refractivity contribution in [1.29, 1.82) is 0 Å². The number of anilines is 1. The first-order valence-corrected chi connectivity index (χ1v) is 8.08. The van der Waals surface area contributed by atoms with Gasteiger partial charge in [-0.3, -0.25) is 14.2 Å². The van der Waals surface area contributed by atoms with Gasteiger partial charge in [0.15, 0.2) is 0 Å². The van der Waals surface area contributed by atoms with E-state index >= 15 is 0 Å². The SMILES string of the molecule is CCOc1ccccc1NC(=O)Cn1c(C)nc2[nH]c(C)cc2c1=O. The average Bonchev–Trinajstić information content (AvgIpc) is 2.94. The van der Waals surface area contributed by atoms with Crippen LogP contribution in [0.25, 0.3) is 11.0 Å². The smallest absolute Gasteiger partial charge is 0.263 e. The van der Waals surface area contributed by atoms with E-state index in [1.807, 2.05) is 26.0 Å². The van der Waals surface area contributed by atoms with Crippen LogP contribution in [0.2, 0.25) is 0 Å². The van der Waals surface area contributed by atoms with E-state index in [2.05, 4.69) is 15.3 Å². The van der Waals surface area contributed by atoms with Gasteiger partial charge in [0.25, 0.3) is 5.56 Å². The molecule has 2 heterocycles. The molecule has 0 aliphatic heterocycles. The Morgan fingerprint density at radius 1 is 1.32 bits per heavy atom. The lowest BCUT2D eigenvalue weighted by Gasteiger charge is -2.13. The zero-order valence-corrected chi connectivity index (χ0v) is 14.4. The maximum absolute atomic E-state index is 12.6. The molecule has 3 aromatic rings. The number of benzene rings is 1. The van der Waals surface area contributed by atoms with E-state index in [1.165, 1.54) is 4.57 Å². The molecule has 3 rings (SSSR count). The highest BCUT2D eigenvalue weighted by atomic mass is 16.5. The fourth-order valence-electron chi connectivity index (χ4n) is 2.71.